The number of nitrogens with one attached hydrogen (secondary N) is 1. The van der Waals surface area contributed by atoms with E-state index in [0.29, 0.717) is 0 Å². The molecule has 3 heteroatoms. The highest BCUT2D eigenvalue weighted by atomic mass is 15.2. The first kappa shape index (κ1) is 14.3. The van der Waals surface area contributed by atoms with Gasteiger partial charge in [0.1, 0.15) is 0 Å². The summed E-state index contributed by atoms with van der Waals surface area (Å²) in [6, 6.07) is 1.58. The molecule has 0 bridgehead atoms. The van der Waals surface area contributed by atoms with Crippen molar-refractivity contribution in [3.63, 3.8) is 0 Å². The number of piperidine rings is 2. The van der Waals surface area contributed by atoms with Crippen LogP contribution in [0.25, 0.3) is 0 Å². The fourth-order valence-corrected chi connectivity index (χ4v) is 3.70. The molecule has 2 heterocycles. The third-order valence-electron chi connectivity index (χ3n) is 5.06. The number of likely N-dealkylation sites (tertiary alicyclic amines) is 2. The van der Waals surface area contributed by atoms with E-state index in [-0.39, 0.29) is 0 Å². The van der Waals surface area contributed by atoms with Gasteiger partial charge in [-0.25, -0.2) is 0 Å². The van der Waals surface area contributed by atoms with Crippen molar-refractivity contribution in [2.75, 3.05) is 40.3 Å². The molecule has 3 nitrogen and oxygen atoms in total. The third kappa shape index (κ3) is 3.69. The molecule has 0 saturated carbocycles. The van der Waals surface area contributed by atoms with E-state index >= 15 is 0 Å². The zero-order chi connectivity index (χ0) is 13.0. The van der Waals surface area contributed by atoms with Crippen LogP contribution in [-0.2, 0) is 0 Å². The second-order valence-corrected chi connectivity index (χ2v) is 6.38. The summed E-state index contributed by atoms with van der Waals surface area (Å²) < 4.78 is 0. The Morgan fingerprint density at radius 2 is 2.00 bits per heavy atom. The summed E-state index contributed by atoms with van der Waals surface area (Å²) in [5.74, 6) is 0.799. The highest BCUT2D eigenvalue weighted by Gasteiger charge is 2.26. The minimum absolute atomic E-state index is 0.735. The van der Waals surface area contributed by atoms with Crippen molar-refractivity contribution in [2.24, 2.45) is 5.92 Å². The summed E-state index contributed by atoms with van der Waals surface area (Å²) in [5.41, 5.74) is 0. The molecule has 2 aliphatic rings. The minimum atomic E-state index is 0.735. The maximum atomic E-state index is 3.45. The fraction of sp³-hybridized carbons (Fsp3) is 1.00. The smallest absolute Gasteiger partial charge is 0.0114 e. The van der Waals surface area contributed by atoms with Crippen LogP contribution in [0.1, 0.15) is 39.0 Å². The lowest BCUT2D eigenvalue weighted by atomic mass is 9.93. The van der Waals surface area contributed by atoms with E-state index in [1.165, 1.54) is 58.3 Å². The molecule has 0 amide bonds. The van der Waals surface area contributed by atoms with E-state index in [4.69, 9.17) is 0 Å². The summed E-state index contributed by atoms with van der Waals surface area (Å²) in [6.45, 7) is 7.56. The molecule has 0 aliphatic carbocycles. The van der Waals surface area contributed by atoms with Gasteiger partial charge in [-0.2, -0.15) is 0 Å². The van der Waals surface area contributed by atoms with Gasteiger partial charge in [0, 0.05) is 18.6 Å². The van der Waals surface area contributed by atoms with Gasteiger partial charge >= 0.3 is 0 Å². The summed E-state index contributed by atoms with van der Waals surface area (Å²) in [6.07, 6.45) is 6.94. The van der Waals surface area contributed by atoms with Crippen LogP contribution in [0.2, 0.25) is 0 Å². The molecule has 3 unspecified atom stereocenters. The molecule has 0 aromatic carbocycles. The quantitative estimate of drug-likeness (QED) is 0.824. The van der Waals surface area contributed by atoms with E-state index < -0.39 is 0 Å². The van der Waals surface area contributed by atoms with Crippen molar-refractivity contribution in [1.82, 2.24) is 15.1 Å². The molecule has 3 atom stereocenters. The van der Waals surface area contributed by atoms with Crippen molar-refractivity contribution in [3.8, 4) is 0 Å². The average Bonchev–Trinajstić information content (AvgIpc) is 2.38. The molecule has 18 heavy (non-hydrogen) atoms. The topological polar surface area (TPSA) is 18.5 Å². The highest BCUT2D eigenvalue weighted by Crippen LogP contribution is 2.20. The molecule has 0 spiro atoms. The van der Waals surface area contributed by atoms with Crippen LogP contribution in [0.4, 0.5) is 0 Å². The first-order valence-electron chi connectivity index (χ1n) is 7.80. The lowest BCUT2D eigenvalue weighted by molar-refractivity contribution is 0.118. The van der Waals surface area contributed by atoms with Crippen LogP contribution in [0.3, 0.4) is 0 Å². The van der Waals surface area contributed by atoms with Gasteiger partial charge < -0.3 is 15.1 Å². The molecule has 106 valence electrons. The highest BCUT2D eigenvalue weighted by molar-refractivity contribution is 4.83. The number of nitrogens with zero attached hydrogens (tertiary/aromatic N) is 2. The molecule has 0 aromatic rings. The average molecular weight is 253 g/mol. The Kier molecular flexibility index (Phi) is 5.46. The molecule has 1 N–H and O–H groups in total. The van der Waals surface area contributed by atoms with Gasteiger partial charge in [-0.15, -0.1) is 0 Å². The van der Waals surface area contributed by atoms with Gasteiger partial charge in [0.15, 0.2) is 0 Å². The van der Waals surface area contributed by atoms with Gasteiger partial charge in [-0.3, -0.25) is 0 Å². The van der Waals surface area contributed by atoms with Crippen LogP contribution >= 0.6 is 0 Å². The minimum Gasteiger partial charge on any atom is -0.317 e. The first-order chi connectivity index (χ1) is 8.70. The second kappa shape index (κ2) is 6.88. The Hall–Kier alpha value is -0.120. The normalized spacial score (nSPS) is 35.8. The molecule has 2 rings (SSSR count). The van der Waals surface area contributed by atoms with Gasteiger partial charge in [-0.05, 0) is 65.3 Å². The molecule has 0 radical (unpaired) electrons. The van der Waals surface area contributed by atoms with Gasteiger partial charge in [0.05, 0.1) is 0 Å². The lowest BCUT2D eigenvalue weighted by Gasteiger charge is -2.39. The summed E-state index contributed by atoms with van der Waals surface area (Å²) in [5, 5.41) is 3.45. The number of hydrogen-bond acceptors (Lipinski definition) is 3. The Morgan fingerprint density at radius 3 is 2.67 bits per heavy atom. The maximum Gasteiger partial charge on any atom is 0.0114 e. The van der Waals surface area contributed by atoms with Crippen molar-refractivity contribution < 1.29 is 0 Å². The summed E-state index contributed by atoms with van der Waals surface area (Å²) in [4.78, 5) is 5.26. The van der Waals surface area contributed by atoms with Crippen molar-refractivity contribution in [2.45, 2.75) is 51.1 Å². The first-order valence-corrected chi connectivity index (χ1v) is 7.80. The monoisotopic (exact) mass is 253 g/mol. The van der Waals surface area contributed by atoms with Crippen LogP contribution < -0.4 is 5.32 Å². The molecule has 2 saturated heterocycles. The Balaban J connectivity index is 1.70. The van der Waals surface area contributed by atoms with Crippen molar-refractivity contribution >= 4 is 0 Å². The van der Waals surface area contributed by atoms with Crippen LogP contribution in [-0.4, -0.2) is 62.2 Å². The predicted octanol–water partition coefficient (Wildman–Crippen LogP) is 1.79. The van der Waals surface area contributed by atoms with E-state index in [1.54, 1.807) is 0 Å². The predicted molar refractivity (Wildman–Crippen MR) is 78.0 cm³/mol. The number of hydrogen-bond donors (Lipinski definition) is 1. The van der Waals surface area contributed by atoms with Crippen molar-refractivity contribution in [3.05, 3.63) is 0 Å². The SMILES string of the molecule is CNC1CCN(CCC2CCCCN2C)CC1C. The van der Waals surface area contributed by atoms with Gasteiger partial charge in [-0.1, -0.05) is 13.3 Å². The number of rotatable bonds is 4. The van der Waals surface area contributed by atoms with Crippen LogP contribution in [0, 0.1) is 5.92 Å². The van der Waals surface area contributed by atoms with Crippen LogP contribution in [0.5, 0.6) is 0 Å². The Labute approximate surface area is 113 Å². The van der Waals surface area contributed by atoms with E-state index in [0.717, 1.165) is 18.0 Å². The van der Waals surface area contributed by atoms with Gasteiger partial charge in [0.2, 0.25) is 0 Å². The lowest BCUT2D eigenvalue weighted by Crippen LogP contribution is -2.48. The zero-order valence-corrected chi connectivity index (χ0v) is 12.5. The zero-order valence-electron chi connectivity index (χ0n) is 12.5. The molecule has 0 aromatic heterocycles. The molecular weight excluding hydrogens is 222 g/mol. The van der Waals surface area contributed by atoms with E-state index in [1.807, 2.05) is 0 Å². The fourth-order valence-electron chi connectivity index (χ4n) is 3.70. The Bertz CT molecular complexity index is 244. The summed E-state index contributed by atoms with van der Waals surface area (Å²) in [7, 11) is 4.41. The molecular formula is C15H31N3. The van der Waals surface area contributed by atoms with Gasteiger partial charge in [0.25, 0.3) is 0 Å². The second-order valence-electron chi connectivity index (χ2n) is 6.38. The van der Waals surface area contributed by atoms with E-state index in [2.05, 4.69) is 36.1 Å². The third-order valence-corrected chi connectivity index (χ3v) is 5.06. The maximum absolute atomic E-state index is 3.45. The van der Waals surface area contributed by atoms with Crippen molar-refractivity contribution in [1.29, 1.82) is 0 Å². The largest absolute Gasteiger partial charge is 0.317 e. The van der Waals surface area contributed by atoms with E-state index in [9.17, 15) is 0 Å². The Morgan fingerprint density at radius 1 is 1.17 bits per heavy atom. The molecule has 2 aliphatic heterocycles. The standard InChI is InChI=1S/C15H31N3/c1-13-12-18(11-8-15(13)16-2)10-7-14-6-4-5-9-17(14)3/h13-16H,4-12H2,1-3H3. The van der Waals surface area contributed by atoms with Crippen LogP contribution in [0.15, 0.2) is 0 Å². The summed E-state index contributed by atoms with van der Waals surface area (Å²) >= 11 is 0. The molecule has 2 fully saturated rings.